The molecule has 2 fully saturated rings. The minimum absolute atomic E-state index is 0.370. The van der Waals surface area contributed by atoms with Crippen LogP contribution in [0.25, 0.3) is 0 Å². The Morgan fingerprint density at radius 1 is 1.17 bits per heavy atom. The van der Waals surface area contributed by atoms with Crippen molar-refractivity contribution in [2.75, 3.05) is 31.1 Å². The van der Waals surface area contributed by atoms with E-state index >= 15 is 0 Å². The van der Waals surface area contributed by atoms with E-state index in [1.54, 1.807) is 0 Å². The molecule has 18 heavy (non-hydrogen) atoms. The normalized spacial score (nSPS) is 26.1. The van der Waals surface area contributed by atoms with E-state index in [9.17, 15) is 5.11 Å². The van der Waals surface area contributed by atoms with Gasteiger partial charge in [-0.25, -0.2) is 0 Å². The van der Waals surface area contributed by atoms with Crippen LogP contribution < -0.4 is 4.90 Å². The Balaban J connectivity index is 1.71. The first kappa shape index (κ1) is 12.0. The van der Waals surface area contributed by atoms with Gasteiger partial charge in [0.05, 0.1) is 6.10 Å². The van der Waals surface area contributed by atoms with Gasteiger partial charge >= 0.3 is 0 Å². The molecule has 3 nitrogen and oxygen atoms in total. The molecule has 1 aromatic rings. The molecule has 3 heteroatoms. The van der Waals surface area contributed by atoms with Crippen LogP contribution in [0.3, 0.4) is 0 Å². The number of hydrogen-bond donors (Lipinski definition) is 1. The van der Waals surface area contributed by atoms with Crippen molar-refractivity contribution in [2.45, 2.75) is 31.9 Å². The van der Waals surface area contributed by atoms with E-state index in [0.717, 1.165) is 24.7 Å². The van der Waals surface area contributed by atoms with Crippen LogP contribution in [0.5, 0.6) is 0 Å². The summed E-state index contributed by atoms with van der Waals surface area (Å²) in [5.74, 6) is 0. The highest BCUT2D eigenvalue weighted by molar-refractivity contribution is 5.48. The van der Waals surface area contributed by atoms with E-state index in [0.29, 0.717) is 0 Å². The number of benzene rings is 1. The number of nitrogens with zero attached hydrogens (tertiary/aromatic N) is 2. The molecule has 2 heterocycles. The minimum Gasteiger partial charge on any atom is -0.389 e. The Hall–Kier alpha value is -1.06. The predicted molar refractivity (Wildman–Crippen MR) is 73.9 cm³/mol. The largest absolute Gasteiger partial charge is 0.389 e. The van der Waals surface area contributed by atoms with Gasteiger partial charge in [0.2, 0.25) is 0 Å². The highest BCUT2D eigenvalue weighted by atomic mass is 16.3. The lowest BCUT2D eigenvalue weighted by Gasteiger charge is -2.38. The molecule has 2 aliphatic rings. The minimum atomic E-state index is -0.370. The molecule has 0 aliphatic carbocycles. The molecule has 2 unspecified atom stereocenters. The molecule has 0 amide bonds. The third-order valence-corrected chi connectivity index (χ3v) is 4.33. The van der Waals surface area contributed by atoms with Crippen molar-refractivity contribution in [3.05, 3.63) is 29.8 Å². The summed E-state index contributed by atoms with van der Waals surface area (Å²) in [6.07, 6.45) is 2.34. The Labute approximate surface area is 109 Å². The Morgan fingerprint density at radius 2 is 1.94 bits per heavy atom. The molecule has 0 bridgehead atoms. The van der Waals surface area contributed by atoms with Crippen LogP contribution in [0.15, 0.2) is 24.3 Å². The van der Waals surface area contributed by atoms with Crippen LogP contribution in [0.4, 0.5) is 5.69 Å². The van der Waals surface area contributed by atoms with Crippen LogP contribution in [-0.4, -0.2) is 42.2 Å². The van der Waals surface area contributed by atoms with Gasteiger partial charge in [0.1, 0.15) is 0 Å². The molecule has 0 radical (unpaired) electrons. The molecular weight excluding hydrogens is 224 g/mol. The number of aliphatic hydroxyl groups is 1. The fourth-order valence-corrected chi connectivity index (χ4v) is 3.19. The maximum atomic E-state index is 9.53. The standard InChI is InChI=1S/C15H22N2O/c1-12(18)13-4-6-14(7-5-13)17-10-9-16-8-2-3-15(16)11-17/h4-7,12,15,18H,2-3,8-11H2,1H3. The van der Waals surface area contributed by atoms with Gasteiger partial charge < -0.3 is 10.0 Å². The van der Waals surface area contributed by atoms with Gasteiger partial charge in [0.15, 0.2) is 0 Å². The van der Waals surface area contributed by atoms with E-state index in [2.05, 4.69) is 21.9 Å². The smallest absolute Gasteiger partial charge is 0.0761 e. The third kappa shape index (κ3) is 2.25. The molecule has 3 rings (SSSR count). The molecule has 98 valence electrons. The molecule has 1 aromatic carbocycles. The van der Waals surface area contributed by atoms with Crippen LogP contribution in [0, 0.1) is 0 Å². The predicted octanol–water partition coefficient (Wildman–Crippen LogP) is 2.02. The Kier molecular flexibility index (Phi) is 3.27. The highest BCUT2D eigenvalue weighted by Gasteiger charge is 2.30. The Bertz CT molecular complexity index is 401. The molecular formula is C15H22N2O. The van der Waals surface area contributed by atoms with Crippen molar-refractivity contribution in [3.8, 4) is 0 Å². The summed E-state index contributed by atoms with van der Waals surface area (Å²) in [5, 5.41) is 9.53. The van der Waals surface area contributed by atoms with Crippen LogP contribution >= 0.6 is 0 Å². The number of rotatable bonds is 2. The van der Waals surface area contributed by atoms with Gasteiger partial charge in [0.25, 0.3) is 0 Å². The van der Waals surface area contributed by atoms with Gasteiger partial charge in [-0.15, -0.1) is 0 Å². The summed E-state index contributed by atoms with van der Waals surface area (Å²) in [7, 11) is 0. The molecule has 0 spiro atoms. The first-order valence-electron chi connectivity index (χ1n) is 7.01. The number of anilines is 1. The second-order valence-corrected chi connectivity index (χ2v) is 5.55. The number of fused-ring (bicyclic) bond motifs is 1. The lowest BCUT2D eigenvalue weighted by atomic mass is 10.1. The average Bonchev–Trinajstić information content (AvgIpc) is 2.86. The fraction of sp³-hybridized carbons (Fsp3) is 0.600. The van der Waals surface area contributed by atoms with E-state index < -0.39 is 0 Å². The van der Waals surface area contributed by atoms with Crippen LogP contribution in [0.2, 0.25) is 0 Å². The summed E-state index contributed by atoms with van der Waals surface area (Å²) >= 11 is 0. The average molecular weight is 246 g/mol. The zero-order valence-corrected chi connectivity index (χ0v) is 11.0. The maximum absolute atomic E-state index is 9.53. The van der Waals surface area contributed by atoms with E-state index in [1.165, 1.54) is 31.6 Å². The molecule has 0 saturated carbocycles. The molecule has 2 atom stereocenters. The molecule has 0 aromatic heterocycles. The molecule has 1 N–H and O–H groups in total. The maximum Gasteiger partial charge on any atom is 0.0761 e. The zero-order chi connectivity index (χ0) is 12.5. The Morgan fingerprint density at radius 3 is 2.67 bits per heavy atom. The van der Waals surface area contributed by atoms with Crippen LogP contribution in [-0.2, 0) is 0 Å². The fourth-order valence-electron chi connectivity index (χ4n) is 3.19. The van der Waals surface area contributed by atoms with Crippen molar-refractivity contribution in [2.24, 2.45) is 0 Å². The quantitative estimate of drug-likeness (QED) is 0.865. The van der Waals surface area contributed by atoms with Crippen molar-refractivity contribution < 1.29 is 5.11 Å². The summed E-state index contributed by atoms with van der Waals surface area (Å²) < 4.78 is 0. The highest BCUT2D eigenvalue weighted by Crippen LogP contribution is 2.26. The zero-order valence-electron chi connectivity index (χ0n) is 11.0. The second-order valence-electron chi connectivity index (χ2n) is 5.55. The topological polar surface area (TPSA) is 26.7 Å². The van der Waals surface area contributed by atoms with Crippen LogP contribution in [0.1, 0.15) is 31.4 Å². The van der Waals surface area contributed by atoms with Gasteiger partial charge in [-0.1, -0.05) is 12.1 Å². The third-order valence-electron chi connectivity index (χ3n) is 4.33. The number of hydrogen-bond acceptors (Lipinski definition) is 3. The van der Waals surface area contributed by atoms with Crippen molar-refractivity contribution >= 4 is 5.69 Å². The number of piperazine rings is 1. The summed E-state index contributed by atoms with van der Waals surface area (Å²) in [6.45, 7) is 6.59. The van der Waals surface area contributed by atoms with Crippen molar-refractivity contribution in [1.82, 2.24) is 4.90 Å². The van der Waals surface area contributed by atoms with Gasteiger partial charge in [-0.2, -0.15) is 0 Å². The summed E-state index contributed by atoms with van der Waals surface area (Å²) in [4.78, 5) is 5.11. The molecule has 2 aliphatic heterocycles. The van der Waals surface area contributed by atoms with Crippen molar-refractivity contribution in [1.29, 1.82) is 0 Å². The molecule has 2 saturated heterocycles. The van der Waals surface area contributed by atoms with E-state index in [4.69, 9.17) is 0 Å². The van der Waals surface area contributed by atoms with Crippen molar-refractivity contribution in [3.63, 3.8) is 0 Å². The monoisotopic (exact) mass is 246 g/mol. The van der Waals surface area contributed by atoms with Gasteiger partial charge in [0, 0.05) is 31.4 Å². The lowest BCUT2D eigenvalue weighted by molar-refractivity contribution is 0.199. The van der Waals surface area contributed by atoms with E-state index in [1.807, 2.05) is 19.1 Å². The SMILES string of the molecule is CC(O)c1ccc(N2CCN3CCCC3C2)cc1. The summed E-state index contributed by atoms with van der Waals surface area (Å²) in [6, 6.07) is 9.14. The van der Waals surface area contributed by atoms with Gasteiger partial charge in [-0.05, 0) is 44.0 Å². The number of aliphatic hydroxyl groups excluding tert-OH is 1. The second kappa shape index (κ2) is 4.90. The first-order chi connectivity index (χ1) is 8.74. The van der Waals surface area contributed by atoms with E-state index in [-0.39, 0.29) is 6.10 Å². The lowest BCUT2D eigenvalue weighted by Crippen LogP contribution is -2.50. The first-order valence-corrected chi connectivity index (χ1v) is 7.01. The van der Waals surface area contributed by atoms with Gasteiger partial charge in [-0.3, -0.25) is 4.90 Å². The summed E-state index contributed by atoms with van der Waals surface area (Å²) in [5.41, 5.74) is 2.30.